The van der Waals surface area contributed by atoms with Crippen LogP contribution in [0.25, 0.3) is 0 Å². The molecule has 116 valence electrons. The molecule has 0 N–H and O–H groups in total. The van der Waals surface area contributed by atoms with Crippen LogP contribution in [0.15, 0.2) is 18.7 Å². The average Bonchev–Trinajstić information content (AvgIpc) is 2.96. The molecule has 0 aliphatic heterocycles. The van der Waals surface area contributed by atoms with Crippen molar-refractivity contribution in [2.24, 2.45) is 0 Å². The Hall–Kier alpha value is -0.880. The molecule has 0 atom stereocenters. The highest BCUT2D eigenvalue weighted by Gasteiger charge is 2.11. The highest BCUT2D eigenvalue weighted by molar-refractivity contribution is 7.85. The zero-order chi connectivity index (χ0) is 14.7. The summed E-state index contributed by atoms with van der Waals surface area (Å²) in [4.78, 5) is 3.69. The molecule has 0 bridgehead atoms. The van der Waals surface area contributed by atoms with Crippen LogP contribution in [-0.4, -0.2) is 24.0 Å². The Balaban J connectivity index is 1.97. The SMILES string of the molecule is CCCCCCCCCCCOS(=O)(=O)n1ccnc1. The second-order valence-electron chi connectivity index (χ2n) is 5.00. The first-order valence-electron chi connectivity index (χ1n) is 7.54. The summed E-state index contributed by atoms with van der Waals surface area (Å²) in [5, 5.41) is 0. The number of aromatic nitrogens is 2. The number of hydrogen-bond acceptors (Lipinski definition) is 4. The topological polar surface area (TPSA) is 61.2 Å². The number of imidazole rings is 1. The van der Waals surface area contributed by atoms with Crippen LogP contribution in [0.4, 0.5) is 0 Å². The van der Waals surface area contributed by atoms with E-state index in [9.17, 15) is 8.42 Å². The fourth-order valence-electron chi connectivity index (χ4n) is 2.02. The van der Waals surface area contributed by atoms with Gasteiger partial charge >= 0.3 is 10.3 Å². The van der Waals surface area contributed by atoms with Crippen molar-refractivity contribution in [3.63, 3.8) is 0 Å². The zero-order valence-electron chi connectivity index (χ0n) is 12.3. The van der Waals surface area contributed by atoms with E-state index in [4.69, 9.17) is 4.18 Å². The van der Waals surface area contributed by atoms with Gasteiger partial charge in [0.25, 0.3) is 0 Å². The normalized spacial score (nSPS) is 11.8. The smallest absolute Gasteiger partial charge is 0.253 e. The van der Waals surface area contributed by atoms with Gasteiger partial charge in [-0.2, -0.15) is 8.42 Å². The number of hydrogen-bond donors (Lipinski definition) is 0. The fourth-order valence-corrected chi connectivity index (χ4v) is 2.84. The molecule has 0 unspecified atom stereocenters. The van der Waals surface area contributed by atoms with E-state index >= 15 is 0 Å². The molecule has 0 aliphatic carbocycles. The third kappa shape index (κ3) is 7.05. The van der Waals surface area contributed by atoms with Crippen molar-refractivity contribution < 1.29 is 12.6 Å². The van der Waals surface area contributed by atoms with Gasteiger partial charge in [0.1, 0.15) is 6.33 Å². The van der Waals surface area contributed by atoms with Gasteiger partial charge in [-0.15, -0.1) is 0 Å². The van der Waals surface area contributed by atoms with Crippen LogP contribution in [0, 0.1) is 0 Å². The van der Waals surface area contributed by atoms with Crippen LogP contribution >= 0.6 is 0 Å². The molecule has 0 radical (unpaired) electrons. The summed E-state index contributed by atoms with van der Waals surface area (Å²) in [6.07, 6.45) is 14.8. The summed E-state index contributed by atoms with van der Waals surface area (Å²) in [7, 11) is -3.67. The molecule has 0 amide bonds. The van der Waals surface area contributed by atoms with Crippen molar-refractivity contribution in [1.82, 2.24) is 8.96 Å². The van der Waals surface area contributed by atoms with Crippen molar-refractivity contribution in [1.29, 1.82) is 0 Å². The van der Waals surface area contributed by atoms with Crippen LogP contribution < -0.4 is 0 Å². The van der Waals surface area contributed by atoms with E-state index in [0.29, 0.717) is 0 Å². The lowest BCUT2D eigenvalue weighted by Crippen LogP contribution is -2.15. The quantitative estimate of drug-likeness (QED) is 0.554. The van der Waals surface area contributed by atoms with E-state index in [-0.39, 0.29) is 6.61 Å². The number of nitrogens with zero attached hydrogens (tertiary/aromatic N) is 2. The third-order valence-electron chi connectivity index (χ3n) is 3.22. The van der Waals surface area contributed by atoms with Gasteiger partial charge < -0.3 is 0 Å². The molecule has 0 spiro atoms. The second kappa shape index (κ2) is 9.94. The molecule has 1 rings (SSSR count). The van der Waals surface area contributed by atoms with E-state index in [1.807, 2.05) is 0 Å². The molecule has 0 fully saturated rings. The summed E-state index contributed by atoms with van der Waals surface area (Å²) in [5.74, 6) is 0. The first-order valence-corrected chi connectivity index (χ1v) is 8.91. The van der Waals surface area contributed by atoms with E-state index in [1.54, 1.807) is 0 Å². The lowest BCUT2D eigenvalue weighted by atomic mass is 10.1. The van der Waals surface area contributed by atoms with Crippen molar-refractivity contribution in [3.05, 3.63) is 18.7 Å². The maximum Gasteiger partial charge on any atom is 0.367 e. The highest BCUT2D eigenvalue weighted by atomic mass is 32.2. The van der Waals surface area contributed by atoms with Gasteiger partial charge in [-0.05, 0) is 6.42 Å². The molecule has 0 aliphatic rings. The van der Waals surface area contributed by atoms with Crippen LogP contribution in [0.1, 0.15) is 64.7 Å². The fraction of sp³-hybridized carbons (Fsp3) is 0.786. The highest BCUT2D eigenvalue weighted by Crippen LogP contribution is 2.10. The van der Waals surface area contributed by atoms with E-state index in [0.717, 1.165) is 23.2 Å². The van der Waals surface area contributed by atoms with Crippen LogP contribution in [-0.2, 0) is 14.5 Å². The minimum Gasteiger partial charge on any atom is -0.253 e. The average molecular weight is 302 g/mol. The summed E-state index contributed by atoms with van der Waals surface area (Å²) >= 11 is 0. The van der Waals surface area contributed by atoms with Gasteiger partial charge in [0.15, 0.2) is 0 Å². The molecular weight excluding hydrogens is 276 g/mol. The Morgan fingerprint density at radius 1 is 1.00 bits per heavy atom. The minimum absolute atomic E-state index is 0.246. The van der Waals surface area contributed by atoms with Gasteiger partial charge in [0, 0.05) is 12.4 Å². The van der Waals surface area contributed by atoms with Gasteiger partial charge in [-0.25, -0.2) is 8.96 Å². The van der Waals surface area contributed by atoms with Gasteiger partial charge in [0.2, 0.25) is 0 Å². The van der Waals surface area contributed by atoms with Gasteiger partial charge in [0.05, 0.1) is 6.61 Å². The standard InChI is InChI=1S/C14H26N2O3S/c1-2-3-4-5-6-7-8-9-10-13-19-20(17,18)16-12-11-15-14-16/h11-12,14H,2-10,13H2,1H3. The Labute approximate surface area is 122 Å². The molecule has 0 saturated carbocycles. The van der Waals surface area contributed by atoms with Crippen LogP contribution in [0.2, 0.25) is 0 Å². The monoisotopic (exact) mass is 302 g/mol. The zero-order valence-corrected chi connectivity index (χ0v) is 13.1. The molecule has 20 heavy (non-hydrogen) atoms. The van der Waals surface area contributed by atoms with Crippen LogP contribution in [0.3, 0.4) is 0 Å². The van der Waals surface area contributed by atoms with Gasteiger partial charge in [-0.1, -0.05) is 58.3 Å². The van der Waals surface area contributed by atoms with Gasteiger partial charge in [-0.3, -0.25) is 4.18 Å². The minimum atomic E-state index is -3.67. The Morgan fingerprint density at radius 3 is 2.15 bits per heavy atom. The van der Waals surface area contributed by atoms with E-state index in [1.165, 1.54) is 57.2 Å². The van der Waals surface area contributed by atoms with E-state index < -0.39 is 10.3 Å². The largest absolute Gasteiger partial charge is 0.367 e. The predicted molar refractivity (Wildman–Crippen MR) is 79.7 cm³/mol. The summed E-state index contributed by atoms with van der Waals surface area (Å²) < 4.78 is 29.2. The van der Waals surface area contributed by atoms with Crippen molar-refractivity contribution in [2.45, 2.75) is 64.7 Å². The summed E-state index contributed by atoms with van der Waals surface area (Å²) in [6, 6.07) is 0. The maximum atomic E-state index is 11.6. The summed E-state index contributed by atoms with van der Waals surface area (Å²) in [6.45, 7) is 2.47. The van der Waals surface area contributed by atoms with Crippen LogP contribution in [0.5, 0.6) is 0 Å². The molecule has 0 saturated heterocycles. The third-order valence-corrected chi connectivity index (χ3v) is 4.42. The first-order chi connectivity index (χ1) is 9.67. The second-order valence-corrected chi connectivity index (χ2v) is 6.51. The Bertz CT molecular complexity index is 429. The molecule has 1 heterocycles. The number of rotatable bonds is 12. The summed E-state index contributed by atoms with van der Waals surface area (Å²) in [5.41, 5.74) is 0. The lowest BCUT2D eigenvalue weighted by molar-refractivity contribution is 0.301. The molecule has 5 nitrogen and oxygen atoms in total. The molecular formula is C14H26N2O3S. The number of unbranched alkanes of at least 4 members (excludes halogenated alkanes) is 8. The Kier molecular flexibility index (Phi) is 8.53. The maximum absolute atomic E-state index is 11.6. The lowest BCUT2D eigenvalue weighted by Gasteiger charge is -2.05. The molecule has 6 heteroatoms. The van der Waals surface area contributed by atoms with Crippen molar-refractivity contribution in [3.8, 4) is 0 Å². The molecule has 0 aromatic carbocycles. The predicted octanol–water partition coefficient (Wildman–Crippen LogP) is 3.52. The van der Waals surface area contributed by atoms with E-state index in [2.05, 4.69) is 11.9 Å². The molecule has 1 aromatic rings. The van der Waals surface area contributed by atoms with Crippen molar-refractivity contribution >= 4 is 10.3 Å². The molecule has 1 aromatic heterocycles. The Morgan fingerprint density at radius 2 is 1.60 bits per heavy atom. The first kappa shape index (κ1) is 17.2. The van der Waals surface area contributed by atoms with Crippen molar-refractivity contribution in [2.75, 3.05) is 6.61 Å².